The molecular weight excluding hydrogens is 200 g/mol. The van der Waals surface area contributed by atoms with Gasteiger partial charge in [-0.3, -0.25) is 0 Å². The molecule has 0 aliphatic carbocycles. The third kappa shape index (κ3) is 1.65. The van der Waals surface area contributed by atoms with Crippen molar-refractivity contribution in [3.05, 3.63) is 48.3 Å². The van der Waals surface area contributed by atoms with Crippen molar-refractivity contribution >= 4 is 12.2 Å². The molecule has 4 heteroatoms. The molecule has 0 amide bonds. The van der Waals surface area contributed by atoms with Crippen LogP contribution in [-0.4, -0.2) is 20.2 Å². The summed E-state index contributed by atoms with van der Waals surface area (Å²) in [7, 11) is 0. The minimum Gasteiger partial charge on any atom is -0.193 e. The maximum Gasteiger partial charge on any atom is 0.179 e. The summed E-state index contributed by atoms with van der Waals surface area (Å²) in [4.78, 5) is 0. The first kappa shape index (κ1) is 10.3. The molecule has 0 aliphatic heterocycles. The summed E-state index contributed by atoms with van der Waals surface area (Å²) in [5, 5.41) is 11.4. The van der Waals surface area contributed by atoms with Gasteiger partial charge in [0.25, 0.3) is 0 Å². The second-order valence-electron chi connectivity index (χ2n) is 3.42. The Morgan fingerprint density at radius 1 is 1.25 bits per heavy atom. The fourth-order valence-corrected chi connectivity index (χ4v) is 1.52. The minimum atomic E-state index is 0.618. The van der Waals surface area contributed by atoms with Crippen LogP contribution < -0.4 is 0 Å². The summed E-state index contributed by atoms with van der Waals surface area (Å²) < 4.78 is 1.64. The van der Waals surface area contributed by atoms with Crippen LogP contribution in [0.1, 0.15) is 17.0 Å². The van der Waals surface area contributed by atoms with Gasteiger partial charge in [-0.1, -0.05) is 30.9 Å². The lowest BCUT2D eigenvalue weighted by Gasteiger charge is -2.07. The number of aromatic nitrogens is 4. The molecule has 0 N–H and O–H groups in total. The van der Waals surface area contributed by atoms with Gasteiger partial charge in [-0.2, -0.15) is 4.68 Å². The molecular formula is C12H12N4. The van der Waals surface area contributed by atoms with E-state index in [0.717, 1.165) is 11.3 Å². The molecule has 2 aromatic rings. The number of nitrogens with zero attached hydrogens (tertiary/aromatic N) is 4. The lowest BCUT2D eigenvalue weighted by atomic mass is 10.1. The molecule has 0 unspecified atom stereocenters. The van der Waals surface area contributed by atoms with Crippen LogP contribution in [0.3, 0.4) is 0 Å². The van der Waals surface area contributed by atoms with Gasteiger partial charge in [-0.25, -0.2) is 0 Å². The SMILES string of the molecule is C=Cc1cc(C)ccc1-n1nnnc1C=C. The maximum absolute atomic E-state index is 3.93. The van der Waals surface area contributed by atoms with E-state index >= 15 is 0 Å². The van der Waals surface area contributed by atoms with Crippen LogP contribution in [-0.2, 0) is 0 Å². The van der Waals surface area contributed by atoms with Crippen molar-refractivity contribution in [1.82, 2.24) is 20.2 Å². The van der Waals surface area contributed by atoms with Gasteiger partial charge in [-0.15, -0.1) is 5.10 Å². The van der Waals surface area contributed by atoms with Crippen molar-refractivity contribution in [2.75, 3.05) is 0 Å². The Balaban J connectivity index is 2.64. The number of aryl methyl sites for hydroxylation is 1. The molecule has 0 saturated carbocycles. The molecule has 4 nitrogen and oxygen atoms in total. The Bertz CT molecular complexity index is 540. The van der Waals surface area contributed by atoms with E-state index < -0.39 is 0 Å². The Hall–Kier alpha value is -2.23. The summed E-state index contributed by atoms with van der Waals surface area (Å²) in [6.45, 7) is 9.50. The second kappa shape index (κ2) is 4.10. The van der Waals surface area contributed by atoms with E-state index in [1.165, 1.54) is 5.56 Å². The predicted octanol–water partition coefficient (Wildman–Crippen LogP) is 2.26. The topological polar surface area (TPSA) is 43.6 Å². The number of tetrazole rings is 1. The molecule has 0 aliphatic rings. The van der Waals surface area contributed by atoms with Crippen LogP contribution in [0.15, 0.2) is 31.4 Å². The lowest BCUT2D eigenvalue weighted by Crippen LogP contribution is -2.02. The van der Waals surface area contributed by atoms with Crippen LogP contribution in [0.4, 0.5) is 0 Å². The first-order valence-electron chi connectivity index (χ1n) is 4.90. The lowest BCUT2D eigenvalue weighted by molar-refractivity contribution is 0.785. The Morgan fingerprint density at radius 3 is 2.75 bits per heavy atom. The molecule has 0 atom stereocenters. The van der Waals surface area contributed by atoms with Crippen molar-refractivity contribution in [3.63, 3.8) is 0 Å². The van der Waals surface area contributed by atoms with Crippen LogP contribution in [0, 0.1) is 6.92 Å². The molecule has 1 heterocycles. The van der Waals surface area contributed by atoms with Crippen LogP contribution in [0.25, 0.3) is 17.8 Å². The monoisotopic (exact) mass is 212 g/mol. The molecule has 0 spiro atoms. The van der Waals surface area contributed by atoms with Crippen LogP contribution in [0.2, 0.25) is 0 Å². The molecule has 0 bridgehead atoms. The Morgan fingerprint density at radius 2 is 2.06 bits per heavy atom. The molecule has 1 aromatic heterocycles. The van der Waals surface area contributed by atoms with Crippen molar-refractivity contribution in [2.45, 2.75) is 6.92 Å². The fraction of sp³-hybridized carbons (Fsp3) is 0.0833. The summed E-state index contributed by atoms with van der Waals surface area (Å²) in [6, 6.07) is 6.02. The van der Waals surface area contributed by atoms with Gasteiger partial charge in [0, 0.05) is 0 Å². The van der Waals surface area contributed by atoms with Gasteiger partial charge in [0.05, 0.1) is 5.69 Å². The largest absolute Gasteiger partial charge is 0.193 e. The predicted molar refractivity (Wildman–Crippen MR) is 64.1 cm³/mol. The molecule has 2 rings (SSSR count). The molecule has 0 saturated heterocycles. The van der Waals surface area contributed by atoms with Gasteiger partial charge in [0.15, 0.2) is 5.82 Å². The van der Waals surface area contributed by atoms with Crippen molar-refractivity contribution in [1.29, 1.82) is 0 Å². The molecule has 1 aromatic carbocycles. The van der Waals surface area contributed by atoms with Gasteiger partial charge >= 0.3 is 0 Å². The standard InChI is InChI=1S/C12H12N4/c1-4-10-8-9(3)6-7-11(10)16-12(5-2)13-14-15-16/h4-8H,1-2H2,3H3. The summed E-state index contributed by atoms with van der Waals surface area (Å²) in [6.07, 6.45) is 3.41. The van der Waals surface area contributed by atoms with Crippen LogP contribution in [0.5, 0.6) is 0 Å². The summed E-state index contributed by atoms with van der Waals surface area (Å²) in [5.74, 6) is 0.618. The van der Waals surface area contributed by atoms with E-state index in [2.05, 4.69) is 28.7 Å². The van der Waals surface area contributed by atoms with Crippen molar-refractivity contribution < 1.29 is 0 Å². The van der Waals surface area contributed by atoms with Crippen molar-refractivity contribution in [2.24, 2.45) is 0 Å². The zero-order valence-corrected chi connectivity index (χ0v) is 9.09. The Labute approximate surface area is 93.9 Å². The van der Waals surface area contributed by atoms with Gasteiger partial charge in [0.2, 0.25) is 0 Å². The average molecular weight is 212 g/mol. The minimum absolute atomic E-state index is 0.618. The number of rotatable bonds is 3. The van der Waals surface area contributed by atoms with E-state index in [1.54, 1.807) is 16.8 Å². The van der Waals surface area contributed by atoms with Crippen molar-refractivity contribution in [3.8, 4) is 5.69 Å². The maximum atomic E-state index is 3.93. The van der Waals surface area contributed by atoms with Gasteiger partial charge < -0.3 is 0 Å². The second-order valence-corrected chi connectivity index (χ2v) is 3.42. The van der Waals surface area contributed by atoms with E-state index in [9.17, 15) is 0 Å². The zero-order chi connectivity index (χ0) is 11.5. The number of hydrogen-bond donors (Lipinski definition) is 0. The van der Waals surface area contributed by atoms with E-state index in [4.69, 9.17) is 0 Å². The van der Waals surface area contributed by atoms with Gasteiger partial charge in [0.1, 0.15) is 0 Å². The highest BCUT2D eigenvalue weighted by molar-refractivity contribution is 5.61. The fourth-order valence-electron chi connectivity index (χ4n) is 1.52. The highest BCUT2D eigenvalue weighted by Gasteiger charge is 2.08. The highest BCUT2D eigenvalue weighted by Crippen LogP contribution is 2.17. The number of benzene rings is 1. The van der Waals surface area contributed by atoms with Crippen LogP contribution >= 0.6 is 0 Å². The zero-order valence-electron chi connectivity index (χ0n) is 9.09. The molecule has 16 heavy (non-hydrogen) atoms. The normalized spacial score (nSPS) is 10.1. The Kier molecular flexibility index (Phi) is 2.64. The summed E-state index contributed by atoms with van der Waals surface area (Å²) in [5.41, 5.74) is 3.07. The first-order valence-corrected chi connectivity index (χ1v) is 4.90. The highest BCUT2D eigenvalue weighted by atomic mass is 15.5. The third-order valence-corrected chi connectivity index (χ3v) is 2.31. The third-order valence-electron chi connectivity index (χ3n) is 2.31. The van der Waals surface area contributed by atoms with E-state index in [-0.39, 0.29) is 0 Å². The smallest absolute Gasteiger partial charge is 0.179 e. The molecule has 0 fully saturated rings. The molecule has 0 radical (unpaired) electrons. The number of hydrogen-bond acceptors (Lipinski definition) is 3. The van der Waals surface area contributed by atoms with Gasteiger partial charge in [-0.05, 0) is 41.1 Å². The average Bonchev–Trinajstić information content (AvgIpc) is 2.76. The quantitative estimate of drug-likeness (QED) is 0.783. The first-order chi connectivity index (χ1) is 7.76. The molecule has 80 valence electrons. The van der Waals surface area contributed by atoms with E-state index in [0.29, 0.717) is 5.82 Å². The summed E-state index contributed by atoms with van der Waals surface area (Å²) >= 11 is 0. The van der Waals surface area contributed by atoms with E-state index in [1.807, 2.05) is 25.1 Å².